The van der Waals surface area contributed by atoms with E-state index in [4.69, 9.17) is 9.72 Å². The third kappa shape index (κ3) is 3.52. The summed E-state index contributed by atoms with van der Waals surface area (Å²) in [6.45, 7) is 3.15. The molecule has 1 amide bonds. The molecule has 1 saturated heterocycles. The number of hydrogen-bond donors (Lipinski definition) is 0. The van der Waals surface area contributed by atoms with Gasteiger partial charge in [0.15, 0.2) is 11.2 Å². The minimum absolute atomic E-state index is 0.0973. The van der Waals surface area contributed by atoms with Gasteiger partial charge in [0.2, 0.25) is 11.8 Å². The van der Waals surface area contributed by atoms with E-state index in [2.05, 4.69) is 15.1 Å². The van der Waals surface area contributed by atoms with Crippen LogP contribution in [-0.4, -0.2) is 59.3 Å². The maximum atomic E-state index is 12.0. The van der Waals surface area contributed by atoms with Crippen molar-refractivity contribution >= 4 is 17.1 Å². The number of amides is 1. The second-order valence-electron chi connectivity index (χ2n) is 7.58. The topological polar surface area (TPSA) is 91.0 Å². The monoisotopic (exact) mass is 417 g/mol. The summed E-state index contributed by atoms with van der Waals surface area (Å²) in [6.07, 6.45) is 6.40. The van der Waals surface area contributed by atoms with Crippen LogP contribution in [-0.2, 0) is 11.8 Å². The van der Waals surface area contributed by atoms with Crippen molar-refractivity contribution in [1.29, 1.82) is 0 Å². The number of para-hydroxylation sites is 1. The molecule has 1 fully saturated rings. The van der Waals surface area contributed by atoms with Crippen LogP contribution in [0.5, 0.6) is 5.88 Å². The fraction of sp³-hybridized carbons (Fsp3) is 0.318. The highest BCUT2D eigenvalue weighted by atomic mass is 16.5. The van der Waals surface area contributed by atoms with E-state index in [-0.39, 0.29) is 12.0 Å². The van der Waals surface area contributed by atoms with Crippen LogP contribution in [0.1, 0.15) is 19.8 Å². The first kappa shape index (κ1) is 19.2. The number of carbonyl (C=O) groups excluding carboxylic acids is 1. The number of imidazole rings is 1. The molecule has 9 heteroatoms. The summed E-state index contributed by atoms with van der Waals surface area (Å²) in [6, 6.07) is 9.92. The lowest BCUT2D eigenvalue weighted by atomic mass is 10.3. The average molecular weight is 417 g/mol. The zero-order valence-corrected chi connectivity index (χ0v) is 17.5. The van der Waals surface area contributed by atoms with Gasteiger partial charge in [-0.1, -0.05) is 25.1 Å². The van der Waals surface area contributed by atoms with Crippen molar-refractivity contribution < 1.29 is 9.53 Å². The van der Waals surface area contributed by atoms with Crippen molar-refractivity contribution in [2.24, 2.45) is 7.05 Å². The Kier molecular flexibility index (Phi) is 4.85. The number of benzene rings is 1. The fourth-order valence-electron chi connectivity index (χ4n) is 3.92. The number of aromatic nitrogens is 6. The van der Waals surface area contributed by atoms with Crippen molar-refractivity contribution in [3.05, 3.63) is 49.1 Å². The Morgan fingerprint density at radius 1 is 1.23 bits per heavy atom. The predicted octanol–water partition coefficient (Wildman–Crippen LogP) is 2.61. The van der Waals surface area contributed by atoms with Crippen molar-refractivity contribution in [2.45, 2.75) is 25.9 Å². The Bertz CT molecular complexity index is 1230. The Morgan fingerprint density at radius 3 is 2.87 bits per heavy atom. The van der Waals surface area contributed by atoms with Gasteiger partial charge >= 0.3 is 0 Å². The van der Waals surface area contributed by atoms with Crippen LogP contribution in [0.25, 0.3) is 28.2 Å². The van der Waals surface area contributed by atoms with Crippen LogP contribution in [0.3, 0.4) is 0 Å². The molecule has 0 spiro atoms. The molecule has 1 atom stereocenters. The molecule has 1 aromatic carbocycles. The number of likely N-dealkylation sites (tertiary alicyclic amines) is 1. The zero-order valence-electron chi connectivity index (χ0n) is 17.5. The van der Waals surface area contributed by atoms with Gasteiger partial charge in [-0.25, -0.2) is 14.6 Å². The molecule has 0 aliphatic carbocycles. The molecule has 1 aliphatic rings. The van der Waals surface area contributed by atoms with Crippen LogP contribution in [0.15, 0.2) is 49.1 Å². The van der Waals surface area contributed by atoms with Crippen molar-refractivity contribution in [2.75, 3.05) is 13.1 Å². The van der Waals surface area contributed by atoms with Crippen LogP contribution in [0.2, 0.25) is 0 Å². The molecule has 0 N–H and O–H groups in total. The summed E-state index contributed by atoms with van der Waals surface area (Å²) in [5.41, 5.74) is 3.14. The lowest BCUT2D eigenvalue weighted by Gasteiger charge is -2.16. The van der Waals surface area contributed by atoms with E-state index < -0.39 is 0 Å². The largest absolute Gasteiger partial charge is 0.471 e. The first-order valence-corrected chi connectivity index (χ1v) is 10.4. The highest BCUT2D eigenvalue weighted by molar-refractivity contribution is 5.81. The van der Waals surface area contributed by atoms with Gasteiger partial charge in [0.25, 0.3) is 0 Å². The van der Waals surface area contributed by atoms with Crippen molar-refractivity contribution in [3.8, 4) is 23.0 Å². The smallest absolute Gasteiger partial charge is 0.245 e. The molecule has 0 saturated carbocycles. The number of nitrogens with zero attached hydrogens (tertiary/aromatic N) is 7. The van der Waals surface area contributed by atoms with Gasteiger partial charge in [-0.15, -0.1) is 0 Å². The van der Waals surface area contributed by atoms with E-state index in [0.717, 1.165) is 23.5 Å². The fourth-order valence-corrected chi connectivity index (χ4v) is 3.92. The standard InChI is InChI=1S/C22H23N7O2/c1-3-18(30)28-10-9-17(13-28)31-22-19-21(23-14-24-22)27(2)20(26-19)15-11-25-29(12-15)16-7-5-4-6-8-16/h4-8,11-12,14,17H,3,9-10,13H2,1-2H3. The molecular weight excluding hydrogens is 394 g/mol. The molecule has 4 aromatic rings. The van der Waals surface area contributed by atoms with E-state index >= 15 is 0 Å². The van der Waals surface area contributed by atoms with Crippen molar-refractivity contribution in [1.82, 2.24) is 34.2 Å². The van der Waals surface area contributed by atoms with E-state index in [1.165, 1.54) is 6.33 Å². The Balaban J connectivity index is 1.44. The molecule has 1 aliphatic heterocycles. The summed E-state index contributed by atoms with van der Waals surface area (Å²) in [7, 11) is 1.92. The lowest BCUT2D eigenvalue weighted by molar-refractivity contribution is -0.130. The maximum Gasteiger partial charge on any atom is 0.245 e. The third-order valence-electron chi connectivity index (χ3n) is 5.56. The number of aryl methyl sites for hydroxylation is 1. The third-order valence-corrected chi connectivity index (χ3v) is 5.56. The van der Waals surface area contributed by atoms with E-state index in [1.54, 1.807) is 6.20 Å². The molecule has 3 aromatic heterocycles. The molecule has 0 radical (unpaired) electrons. The summed E-state index contributed by atoms with van der Waals surface area (Å²) in [5, 5.41) is 4.47. The molecule has 1 unspecified atom stereocenters. The summed E-state index contributed by atoms with van der Waals surface area (Å²) in [5.74, 6) is 1.32. The molecular formula is C22H23N7O2. The second-order valence-corrected chi connectivity index (χ2v) is 7.58. The highest BCUT2D eigenvalue weighted by Crippen LogP contribution is 2.28. The van der Waals surface area contributed by atoms with E-state index in [0.29, 0.717) is 36.6 Å². The van der Waals surface area contributed by atoms with Gasteiger partial charge in [0.05, 0.1) is 24.0 Å². The SMILES string of the molecule is CCC(=O)N1CCC(Oc2ncnc3c2nc(-c2cnn(-c4ccccc4)c2)n3C)C1. The molecule has 9 nitrogen and oxygen atoms in total. The first-order chi connectivity index (χ1) is 15.1. The number of ether oxygens (including phenoxy) is 1. The van der Waals surface area contributed by atoms with Gasteiger partial charge in [-0.3, -0.25) is 4.79 Å². The molecule has 0 bridgehead atoms. The van der Waals surface area contributed by atoms with Crippen molar-refractivity contribution in [3.63, 3.8) is 0 Å². The summed E-state index contributed by atoms with van der Waals surface area (Å²) < 4.78 is 9.88. The van der Waals surface area contributed by atoms with E-state index in [1.807, 2.05) is 64.6 Å². The van der Waals surface area contributed by atoms with Gasteiger partial charge in [0, 0.05) is 32.6 Å². The average Bonchev–Trinajstić information content (AvgIpc) is 3.54. The Hall–Kier alpha value is -3.75. The first-order valence-electron chi connectivity index (χ1n) is 10.4. The molecule has 4 heterocycles. The zero-order chi connectivity index (χ0) is 21.4. The van der Waals surface area contributed by atoms with Crippen LogP contribution < -0.4 is 4.74 Å². The number of fused-ring (bicyclic) bond motifs is 1. The maximum absolute atomic E-state index is 12.0. The lowest BCUT2D eigenvalue weighted by Crippen LogP contribution is -2.30. The number of rotatable bonds is 5. The quantitative estimate of drug-likeness (QED) is 0.496. The molecule has 158 valence electrons. The molecule has 5 rings (SSSR count). The normalized spacial score (nSPS) is 16.2. The number of carbonyl (C=O) groups is 1. The van der Waals surface area contributed by atoms with Gasteiger partial charge in [-0.05, 0) is 12.1 Å². The predicted molar refractivity (Wildman–Crippen MR) is 115 cm³/mol. The van der Waals surface area contributed by atoms with Crippen LogP contribution in [0, 0.1) is 0 Å². The second kappa shape index (κ2) is 7.82. The summed E-state index contributed by atoms with van der Waals surface area (Å²) >= 11 is 0. The highest BCUT2D eigenvalue weighted by Gasteiger charge is 2.28. The number of hydrogen-bond acceptors (Lipinski definition) is 6. The van der Waals surface area contributed by atoms with Gasteiger partial charge in [0.1, 0.15) is 18.3 Å². The minimum Gasteiger partial charge on any atom is -0.471 e. The van der Waals surface area contributed by atoms with E-state index in [9.17, 15) is 4.79 Å². The van der Waals surface area contributed by atoms with Gasteiger partial charge in [-0.2, -0.15) is 10.1 Å². The Labute approximate surface area is 179 Å². The van der Waals surface area contributed by atoms with Crippen LogP contribution >= 0.6 is 0 Å². The molecule has 31 heavy (non-hydrogen) atoms. The van der Waals surface area contributed by atoms with Crippen LogP contribution in [0.4, 0.5) is 0 Å². The summed E-state index contributed by atoms with van der Waals surface area (Å²) in [4.78, 5) is 27.3. The van der Waals surface area contributed by atoms with Gasteiger partial charge < -0.3 is 14.2 Å². The Morgan fingerprint density at radius 2 is 2.06 bits per heavy atom. The minimum atomic E-state index is -0.0973.